The van der Waals surface area contributed by atoms with Gasteiger partial charge in [0.15, 0.2) is 6.61 Å². The van der Waals surface area contributed by atoms with Gasteiger partial charge in [-0.05, 0) is 62.8 Å². The third kappa shape index (κ3) is 4.21. The first kappa shape index (κ1) is 15.8. The van der Waals surface area contributed by atoms with Crippen LogP contribution in [0.15, 0.2) is 18.2 Å². The minimum atomic E-state index is -0.412. The standard InChI is InChI=1S/C17H25NO3/c1-4-17(2,3)18-16(20)11-21-13-9-8-12-6-5-7-15(19)14(12)10-13/h8-10,15,19H,4-7,11H2,1-3H3,(H,18,20)/t15-/m0/s1. The van der Waals surface area contributed by atoms with Crippen LogP contribution in [0.1, 0.15) is 57.3 Å². The summed E-state index contributed by atoms with van der Waals surface area (Å²) in [6, 6.07) is 5.72. The van der Waals surface area contributed by atoms with E-state index in [-0.39, 0.29) is 18.1 Å². The number of amides is 1. The monoisotopic (exact) mass is 291 g/mol. The summed E-state index contributed by atoms with van der Waals surface area (Å²) in [4.78, 5) is 11.9. The van der Waals surface area contributed by atoms with Gasteiger partial charge in [0.1, 0.15) is 5.75 Å². The highest BCUT2D eigenvalue weighted by atomic mass is 16.5. The fourth-order valence-corrected chi connectivity index (χ4v) is 2.49. The lowest BCUT2D eigenvalue weighted by Crippen LogP contribution is -2.44. The molecule has 1 aromatic rings. The molecule has 0 heterocycles. The fraction of sp³-hybridized carbons (Fsp3) is 0.588. The summed E-state index contributed by atoms with van der Waals surface area (Å²) in [5.41, 5.74) is 1.90. The maximum atomic E-state index is 11.9. The largest absolute Gasteiger partial charge is 0.484 e. The van der Waals surface area contributed by atoms with E-state index in [1.165, 1.54) is 5.56 Å². The molecule has 1 aliphatic carbocycles. The molecule has 2 rings (SSSR count). The van der Waals surface area contributed by atoms with Gasteiger partial charge in [-0.1, -0.05) is 13.0 Å². The van der Waals surface area contributed by atoms with E-state index in [2.05, 4.69) is 5.32 Å². The van der Waals surface area contributed by atoms with Crippen molar-refractivity contribution in [1.29, 1.82) is 0 Å². The third-order valence-corrected chi connectivity index (χ3v) is 4.13. The van der Waals surface area contributed by atoms with Crippen molar-refractivity contribution >= 4 is 5.91 Å². The number of benzene rings is 1. The number of nitrogens with one attached hydrogen (secondary N) is 1. The van der Waals surface area contributed by atoms with Gasteiger partial charge in [-0.25, -0.2) is 0 Å². The topological polar surface area (TPSA) is 58.6 Å². The number of fused-ring (bicyclic) bond motifs is 1. The van der Waals surface area contributed by atoms with Crippen molar-refractivity contribution in [2.45, 2.75) is 58.1 Å². The molecule has 0 saturated carbocycles. The number of hydrogen-bond acceptors (Lipinski definition) is 3. The summed E-state index contributed by atoms with van der Waals surface area (Å²) in [6.45, 7) is 6.00. The molecule has 21 heavy (non-hydrogen) atoms. The Bertz CT molecular complexity index is 511. The highest BCUT2D eigenvalue weighted by Crippen LogP contribution is 2.32. The molecule has 0 aromatic heterocycles. The van der Waals surface area contributed by atoms with Crippen molar-refractivity contribution in [3.63, 3.8) is 0 Å². The van der Waals surface area contributed by atoms with Crippen molar-refractivity contribution in [2.75, 3.05) is 6.61 Å². The average molecular weight is 291 g/mol. The summed E-state index contributed by atoms with van der Waals surface area (Å²) < 4.78 is 5.55. The second-order valence-corrected chi connectivity index (χ2v) is 6.34. The summed E-state index contributed by atoms with van der Waals surface area (Å²) in [5.74, 6) is 0.513. The molecule has 0 unspecified atom stereocenters. The fourth-order valence-electron chi connectivity index (χ4n) is 2.49. The quantitative estimate of drug-likeness (QED) is 0.877. The minimum absolute atomic E-state index is 0.00167. The molecule has 1 atom stereocenters. The van der Waals surface area contributed by atoms with Crippen molar-refractivity contribution < 1.29 is 14.6 Å². The second kappa shape index (κ2) is 6.48. The summed E-state index contributed by atoms with van der Waals surface area (Å²) in [5, 5.41) is 12.9. The predicted octanol–water partition coefficient (Wildman–Crippen LogP) is 2.74. The highest BCUT2D eigenvalue weighted by Gasteiger charge is 2.20. The van der Waals surface area contributed by atoms with E-state index < -0.39 is 6.10 Å². The number of hydrogen-bond donors (Lipinski definition) is 2. The van der Waals surface area contributed by atoms with Gasteiger partial charge in [-0.3, -0.25) is 4.79 Å². The smallest absolute Gasteiger partial charge is 0.258 e. The molecule has 1 aliphatic rings. The number of aliphatic hydroxyl groups is 1. The van der Waals surface area contributed by atoms with Gasteiger partial charge in [0.05, 0.1) is 6.10 Å². The van der Waals surface area contributed by atoms with Gasteiger partial charge in [0.2, 0.25) is 0 Å². The molecule has 1 aromatic carbocycles. The van der Waals surface area contributed by atoms with Crippen molar-refractivity contribution in [1.82, 2.24) is 5.32 Å². The number of carbonyl (C=O) groups excluding carboxylic acids is 1. The maximum absolute atomic E-state index is 11.9. The Kier molecular flexibility index (Phi) is 4.88. The predicted molar refractivity (Wildman–Crippen MR) is 82.3 cm³/mol. The molecule has 2 N–H and O–H groups in total. The Hall–Kier alpha value is -1.55. The van der Waals surface area contributed by atoms with Crippen LogP contribution in [0.25, 0.3) is 0 Å². The van der Waals surface area contributed by atoms with Crippen LogP contribution in [-0.4, -0.2) is 23.2 Å². The van der Waals surface area contributed by atoms with Crippen molar-refractivity contribution in [3.05, 3.63) is 29.3 Å². The van der Waals surface area contributed by atoms with E-state index in [4.69, 9.17) is 4.74 Å². The molecular weight excluding hydrogens is 266 g/mol. The zero-order valence-electron chi connectivity index (χ0n) is 13.1. The lowest BCUT2D eigenvalue weighted by Gasteiger charge is -2.25. The van der Waals surface area contributed by atoms with Crippen molar-refractivity contribution in [3.8, 4) is 5.75 Å². The average Bonchev–Trinajstić information content (AvgIpc) is 2.45. The zero-order chi connectivity index (χ0) is 15.5. The molecule has 0 bridgehead atoms. The van der Waals surface area contributed by atoms with E-state index >= 15 is 0 Å². The highest BCUT2D eigenvalue weighted by molar-refractivity contribution is 5.78. The van der Waals surface area contributed by atoms with Gasteiger partial charge >= 0.3 is 0 Å². The first-order valence-electron chi connectivity index (χ1n) is 7.66. The number of aliphatic hydroxyl groups excluding tert-OH is 1. The van der Waals surface area contributed by atoms with Crippen LogP contribution >= 0.6 is 0 Å². The Labute approximate surface area is 126 Å². The van der Waals surface area contributed by atoms with E-state index in [0.29, 0.717) is 5.75 Å². The molecule has 116 valence electrons. The number of carbonyl (C=O) groups is 1. The summed E-state index contributed by atoms with van der Waals surface area (Å²) >= 11 is 0. The Morgan fingerprint density at radius 3 is 2.95 bits per heavy atom. The number of aryl methyl sites for hydroxylation is 1. The summed E-state index contributed by atoms with van der Waals surface area (Å²) in [7, 11) is 0. The molecule has 1 amide bonds. The number of rotatable bonds is 5. The van der Waals surface area contributed by atoms with E-state index in [1.54, 1.807) is 0 Å². The zero-order valence-corrected chi connectivity index (χ0v) is 13.1. The third-order valence-electron chi connectivity index (χ3n) is 4.13. The van der Waals surface area contributed by atoms with E-state index in [1.807, 2.05) is 39.0 Å². The maximum Gasteiger partial charge on any atom is 0.258 e. The molecule has 0 fully saturated rings. The van der Waals surface area contributed by atoms with Gasteiger partial charge in [-0.15, -0.1) is 0 Å². The van der Waals surface area contributed by atoms with Gasteiger partial charge in [0, 0.05) is 5.54 Å². The Morgan fingerprint density at radius 1 is 1.48 bits per heavy atom. The first-order chi connectivity index (χ1) is 9.91. The minimum Gasteiger partial charge on any atom is -0.484 e. The summed E-state index contributed by atoms with van der Waals surface area (Å²) in [6.07, 6.45) is 3.26. The molecule has 4 nitrogen and oxygen atoms in total. The normalized spacial score (nSPS) is 18.0. The van der Waals surface area contributed by atoms with Crippen LogP contribution in [0.2, 0.25) is 0 Å². The van der Waals surface area contributed by atoms with Gasteiger partial charge in [0.25, 0.3) is 5.91 Å². The SMILES string of the molecule is CCC(C)(C)NC(=O)COc1ccc2c(c1)[C@@H](O)CCC2. The van der Waals surface area contributed by atoms with Gasteiger partial charge in [-0.2, -0.15) is 0 Å². The second-order valence-electron chi connectivity index (χ2n) is 6.34. The van der Waals surface area contributed by atoms with Crippen molar-refractivity contribution in [2.24, 2.45) is 0 Å². The van der Waals surface area contributed by atoms with Crippen LogP contribution in [0.3, 0.4) is 0 Å². The molecule has 0 aliphatic heterocycles. The van der Waals surface area contributed by atoms with E-state index in [0.717, 1.165) is 31.2 Å². The molecule has 0 spiro atoms. The molecule has 0 radical (unpaired) electrons. The van der Waals surface area contributed by atoms with Crippen LogP contribution in [0.4, 0.5) is 0 Å². The first-order valence-corrected chi connectivity index (χ1v) is 7.66. The molecular formula is C17H25NO3. The van der Waals surface area contributed by atoms with Crippen LogP contribution < -0.4 is 10.1 Å². The van der Waals surface area contributed by atoms with Gasteiger partial charge < -0.3 is 15.2 Å². The Morgan fingerprint density at radius 2 is 2.24 bits per heavy atom. The number of ether oxygens (including phenoxy) is 1. The van der Waals surface area contributed by atoms with Crippen LogP contribution in [-0.2, 0) is 11.2 Å². The lowest BCUT2D eigenvalue weighted by molar-refractivity contribution is -0.124. The Balaban J connectivity index is 1.95. The molecule has 4 heteroatoms. The lowest BCUT2D eigenvalue weighted by atomic mass is 9.89. The van der Waals surface area contributed by atoms with E-state index in [9.17, 15) is 9.90 Å². The van der Waals surface area contributed by atoms with Crippen LogP contribution in [0, 0.1) is 0 Å². The van der Waals surface area contributed by atoms with Crippen LogP contribution in [0.5, 0.6) is 5.75 Å². The molecule has 0 saturated heterocycles.